The second kappa shape index (κ2) is 7.55. The molecule has 106 valence electrons. The lowest BCUT2D eigenvalue weighted by Gasteiger charge is -2.22. The lowest BCUT2D eigenvalue weighted by Crippen LogP contribution is -2.41. The van der Waals surface area contributed by atoms with Crippen LogP contribution >= 0.6 is 11.8 Å². The van der Waals surface area contributed by atoms with Gasteiger partial charge >= 0.3 is 0 Å². The van der Waals surface area contributed by atoms with E-state index in [4.69, 9.17) is 0 Å². The molecule has 0 radical (unpaired) electrons. The van der Waals surface area contributed by atoms with Gasteiger partial charge in [0.25, 0.3) is 0 Å². The number of nitrogens with zero attached hydrogens (tertiary/aromatic N) is 2. The van der Waals surface area contributed by atoms with Crippen LogP contribution in [0.1, 0.15) is 18.4 Å². The predicted octanol–water partition coefficient (Wildman–Crippen LogP) is 0.793. The van der Waals surface area contributed by atoms with Gasteiger partial charge in [0.05, 0.1) is 6.20 Å². The van der Waals surface area contributed by atoms with E-state index in [1.807, 2.05) is 35.8 Å². The smallest absolute Gasteiger partial charge is 0.221 e. The minimum absolute atomic E-state index is 0.150. The van der Waals surface area contributed by atoms with Gasteiger partial charge in [-0.25, -0.2) is 0 Å². The molecule has 0 saturated carbocycles. The van der Waals surface area contributed by atoms with E-state index in [0.29, 0.717) is 12.5 Å². The molecular weight excluding hydrogens is 260 g/mol. The average molecular weight is 282 g/mol. The first-order valence-corrected chi connectivity index (χ1v) is 7.96. The highest BCUT2D eigenvalue weighted by Gasteiger charge is 2.16. The Morgan fingerprint density at radius 3 is 3.26 bits per heavy atom. The molecule has 1 aliphatic heterocycles. The van der Waals surface area contributed by atoms with Gasteiger partial charge in [0.15, 0.2) is 0 Å². The van der Waals surface area contributed by atoms with E-state index in [-0.39, 0.29) is 5.91 Å². The van der Waals surface area contributed by atoms with Crippen molar-refractivity contribution in [3.05, 3.63) is 18.0 Å². The van der Waals surface area contributed by atoms with Gasteiger partial charge in [-0.1, -0.05) is 0 Å². The molecule has 0 spiro atoms. The van der Waals surface area contributed by atoms with Gasteiger partial charge in [-0.3, -0.25) is 9.48 Å². The van der Waals surface area contributed by atoms with Crippen LogP contribution < -0.4 is 10.6 Å². The summed E-state index contributed by atoms with van der Waals surface area (Å²) in [5.41, 5.74) is 1.17. The molecule has 1 amide bonds. The van der Waals surface area contributed by atoms with Crippen molar-refractivity contribution >= 4 is 17.7 Å². The Bertz CT molecular complexity index is 401. The highest BCUT2D eigenvalue weighted by molar-refractivity contribution is 7.99. The summed E-state index contributed by atoms with van der Waals surface area (Å²) in [6, 6.07) is 0.340. The van der Waals surface area contributed by atoms with E-state index in [1.54, 1.807) is 0 Å². The normalized spacial score (nSPS) is 19.3. The Balaban J connectivity index is 1.56. The molecule has 2 heterocycles. The number of amides is 1. The molecule has 5 nitrogen and oxygen atoms in total. The summed E-state index contributed by atoms with van der Waals surface area (Å²) < 4.78 is 1.92. The fourth-order valence-electron chi connectivity index (χ4n) is 2.10. The van der Waals surface area contributed by atoms with E-state index < -0.39 is 0 Å². The number of rotatable bonds is 6. The van der Waals surface area contributed by atoms with Gasteiger partial charge in [0, 0.05) is 49.8 Å². The maximum absolute atomic E-state index is 11.7. The molecule has 1 aliphatic rings. The molecule has 2 rings (SSSR count). The molecule has 1 fully saturated rings. The number of nitrogens with one attached hydrogen (secondary N) is 2. The maximum atomic E-state index is 11.7. The van der Waals surface area contributed by atoms with Gasteiger partial charge in [-0.2, -0.15) is 16.9 Å². The summed E-state index contributed by atoms with van der Waals surface area (Å²) in [6.45, 7) is 4.62. The molecule has 0 aromatic carbocycles. The summed E-state index contributed by atoms with van der Waals surface area (Å²) >= 11 is 1.92. The second-order valence-electron chi connectivity index (χ2n) is 4.91. The van der Waals surface area contributed by atoms with Crippen molar-refractivity contribution in [2.45, 2.75) is 32.4 Å². The summed E-state index contributed by atoms with van der Waals surface area (Å²) in [5, 5.41) is 10.6. The first-order chi connectivity index (χ1) is 9.24. The standard InChI is InChI=1S/C13H22N4OS/c1-11-8-16-17(9-11)5-2-3-15-13(18)7-12-10-19-6-4-14-12/h8-9,12,14H,2-7,10H2,1H3,(H,15,18)/t12-/m0/s1. The largest absolute Gasteiger partial charge is 0.356 e. The van der Waals surface area contributed by atoms with Crippen LogP contribution in [0.2, 0.25) is 0 Å². The van der Waals surface area contributed by atoms with Crippen LogP contribution in [-0.2, 0) is 11.3 Å². The fraction of sp³-hybridized carbons (Fsp3) is 0.692. The quantitative estimate of drug-likeness (QED) is 0.758. The molecule has 1 atom stereocenters. The molecule has 19 heavy (non-hydrogen) atoms. The zero-order valence-corrected chi connectivity index (χ0v) is 12.2. The Morgan fingerprint density at radius 1 is 1.68 bits per heavy atom. The van der Waals surface area contributed by atoms with Gasteiger partial charge < -0.3 is 10.6 Å². The van der Waals surface area contributed by atoms with Crippen molar-refractivity contribution in [1.29, 1.82) is 0 Å². The van der Waals surface area contributed by atoms with Crippen LogP contribution in [-0.4, -0.2) is 46.3 Å². The van der Waals surface area contributed by atoms with Crippen LogP contribution in [0.3, 0.4) is 0 Å². The SMILES string of the molecule is Cc1cnn(CCCNC(=O)C[C@H]2CSCCN2)c1. The van der Waals surface area contributed by atoms with Crippen molar-refractivity contribution in [1.82, 2.24) is 20.4 Å². The monoisotopic (exact) mass is 282 g/mol. The lowest BCUT2D eigenvalue weighted by molar-refractivity contribution is -0.121. The second-order valence-corrected chi connectivity index (χ2v) is 6.06. The lowest BCUT2D eigenvalue weighted by atomic mass is 10.2. The number of carbonyl (C=O) groups is 1. The van der Waals surface area contributed by atoms with E-state index >= 15 is 0 Å². The topological polar surface area (TPSA) is 59.0 Å². The van der Waals surface area contributed by atoms with Crippen LogP contribution in [0.4, 0.5) is 0 Å². The summed E-state index contributed by atoms with van der Waals surface area (Å²) in [4.78, 5) is 11.7. The Kier molecular flexibility index (Phi) is 5.72. The Labute approximate surface area is 118 Å². The van der Waals surface area contributed by atoms with Gasteiger partial charge in [-0.15, -0.1) is 0 Å². The first kappa shape index (κ1) is 14.4. The molecule has 0 bridgehead atoms. The third-order valence-corrected chi connectivity index (χ3v) is 4.21. The highest BCUT2D eigenvalue weighted by atomic mass is 32.2. The molecule has 0 unspecified atom stereocenters. The van der Waals surface area contributed by atoms with Crippen LogP contribution in [0, 0.1) is 6.92 Å². The molecule has 1 aromatic heterocycles. The minimum atomic E-state index is 0.150. The number of aryl methyl sites for hydroxylation is 2. The van der Waals surface area contributed by atoms with E-state index in [0.717, 1.165) is 37.6 Å². The molecular formula is C13H22N4OS. The molecule has 6 heteroatoms. The average Bonchev–Trinajstić information content (AvgIpc) is 2.82. The van der Waals surface area contributed by atoms with E-state index in [9.17, 15) is 4.79 Å². The third kappa shape index (κ3) is 5.24. The van der Waals surface area contributed by atoms with Gasteiger partial charge in [0.2, 0.25) is 5.91 Å². The summed E-state index contributed by atoms with van der Waals surface area (Å²) in [5.74, 6) is 2.35. The Morgan fingerprint density at radius 2 is 2.58 bits per heavy atom. The predicted molar refractivity (Wildman–Crippen MR) is 78.3 cm³/mol. The Hall–Kier alpha value is -1.01. The molecule has 1 saturated heterocycles. The zero-order valence-electron chi connectivity index (χ0n) is 11.4. The highest BCUT2D eigenvalue weighted by Crippen LogP contribution is 2.09. The van der Waals surface area contributed by atoms with E-state index in [2.05, 4.69) is 15.7 Å². The van der Waals surface area contributed by atoms with Crippen LogP contribution in [0.5, 0.6) is 0 Å². The van der Waals surface area contributed by atoms with Crippen molar-refractivity contribution in [3.63, 3.8) is 0 Å². The number of hydrogen-bond donors (Lipinski definition) is 2. The van der Waals surface area contributed by atoms with Gasteiger partial charge in [0.1, 0.15) is 0 Å². The fourth-order valence-corrected chi connectivity index (χ4v) is 3.05. The van der Waals surface area contributed by atoms with Crippen molar-refractivity contribution in [2.24, 2.45) is 0 Å². The molecule has 2 N–H and O–H groups in total. The number of hydrogen-bond acceptors (Lipinski definition) is 4. The summed E-state index contributed by atoms with van der Waals surface area (Å²) in [7, 11) is 0. The molecule has 1 aromatic rings. The van der Waals surface area contributed by atoms with Crippen molar-refractivity contribution in [3.8, 4) is 0 Å². The molecule has 0 aliphatic carbocycles. The van der Waals surface area contributed by atoms with Crippen LogP contribution in [0.15, 0.2) is 12.4 Å². The first-order valence-electron chi connectivity index (χ1n) is 6.81. The minimum Gasteiger partial charge on any atom is -0.356 e. The zero-order chi connectivity index (χ0) is 13.5. The number of carbonyl (C=O) groups excluding carboxylic acids is 1. The van der Waals surface area contributed by atoms with Crippen molar-refractivity contribution in [2.75, 3.05) is 24.6 Å². The number of aromatic nitrogens is 2. The van der Waals surface area contributed by atoms with Crippen molar-refractivity contribution < 1.29 is 4.79 Å². The number of thioether (sulfide) groups is 1. The third-order valence-electron chi connectivity index (χ3n) is 3.08. The van der Waals surface area contributed by atoms with Crippen LogP contribution in [0.25, 0.3) is 0 Å². The van der Waals surface area contributed by atoms with E-state index in [1.165, 1.54) is 5.56 Å². The maximum Gasteiger partial charge on any atom is 0.221 e. The van der Waals surface area contributed by atoms with Gasteiger partial charge in [-0.05, 0) is 18.9 Å². The summed E-state index contributed by atoms with van der Waals surface area (Å²) in [6.07, 6.45) is 5.38.